The van der Waals surface area contributed by atoms with E-state index in [9.17, 15) is 24.3 Å². The van der Waals surface area contributed by atoms with Crippen LogP contribution < -0.4 is 16.0 Å². The zero-order chi connectivity index (χ0) is 26.4. The first kappa shape index (κ1) is 25.5. The van der Waals surface area contributed by atoms with E-state index in [4.69, 9.17) is 0 Å². The minimum absolute atomic E-state index is 0.0586. The maximum Gasteiger partial charge on any atom is 0.336 e. The number of benzene rings is 4. The van der Waals surface area contributed by atoms with E-state index in [1.165, 1.54) is 24.8 Å². The van der Waals surface area contributed by atoms with Crippen LogP contribution in [-0.2, 0) is 9.59 Å². The van der Waals surface area contributed by atoms with Gasteiger partial charge < -0.3 is 21.1 Å². The summed E-state index contributed by atoms with van der Waals surface area (Å²) >= 11 is 1.31. The summed E-state index contributed by atoms with van der Waals surface area (Å²) in [5.74, 6) is -1.76. The van der Waals surface area contributed by atoms with Gasteiger partial charge in [-0.2, -0.15) is 0 Å². The molecule has 3 amide bonds. The molecule has 0 saturated carbocycles. The lowest BCUT2D eigenvalue weighted by Crippen LogP contribution is -2.14. The van der Waals surface area contributed by atoms with Crippen molar-refractivity contribution in [1.29, 1.82) is 0 Å². The molecule has 0 aliphatic rings. The van der Waals surface area contributed by atoms with Crippen LogP contribution in [0.15, 0.2) is 89.8 Å². The van der Waals surface area contributed by atoms with Crippen LogP contribution in [0.5, 0.6) is 0 Å². The zero-order valence-corrected chi connectivity index (χ0v) is 20.6. The second kappa shape index (κ2) is 11.4. The number of aromatic carboxylic acids is 1. The van der Waals surface area contributed by atoms with Crippen molar-refractivity contribution in [1.82, 2.24) is 0 Å². The normalized spacial score (nSPS) is 10.5. The van der Waals surface area contributed by atoms with E-state index in [-0.39, 0.29) is 28.7 Å². The lowest BCUT2D eigenvalue weighted by Gasteiger charge is -2.11. The number of carbonyl (C=O) groups excluding carboxylic acids is 3. The largest absolute Gasteiger partial charge is 0.478 e. The quantitative estimate of drug-likeness (QED) is 0.231. The minimum atomic E-state index is -1.11. The highest BCUT2D eigenvalue weighted by atomic mass is 32.2. The predicted octanol–water partition coefficient (Wildman–Crippen LogP) is 5.48. The van der Waals surface area contributed by atoms with Gasteiger partial charge in [-0.15, -0.1) is 11.8 Å². The average molecular weight is 514 g/mol. The standard InChI is InChI=1S/C28H23N3O5S/c1-17(32)29-19-11-13-20(14-12-19)30-25(33)16-37-22-8-4-7-21(15-22)31-27(34)23-9-2-5-18-6-3-10-24(26(18)23)28(35)36/h2-15H,16H2,1H3,(H,29,32)(H,30,33)(H,31,34)(H,35,36). The Morgan fingerprint density at radius 1 is 0.730 bits per heavy atom. The molecule has 0 unspecified atom stereocenters. The topological polar surface area (TPSA) is 125 Å². The average Bonchev–Trinajstić information content (AvgIpc) is 2.87. The van der Waals surface area contributed by atoms with Gasteiger partial charge in [-0.05, 0) is 60.0 Å². The molecule has 8 nitrogen and oxygen atoms in total. The molecule has 0 heterocycles. The van der Waals surface area contributed by atoms with Gasteiger partial charge in [-0.25, -0.2) is 4.79 Å². The zero-order valence-electron chi connectivity index (χ0n) is 19.8. The fourth-order valence-corrected chi connectivity index (χ4v) is 4.51. The molecular weight excluding hydrogens is 490 g/mol. The van der Waals surface area contributed by atoms with Crippen LogP contribution in [0.4, 0.5) is 17.1 Å². The number of thioether (sulfide) groups is 1. The summed E-state index contributed by atoms with van der Waals surface area (Å²) in [6, 6.07) is 23.8. The highest BCUT2D eigenvalue weighted by Crippen LogP contribution is 2.26. The van der Waals surface area contributed by atoms with Crippen molar-refractivity contribution >= 4 is 63.3 Å². The first-order chi connectivity index (χ1) is 17.8. The summed E-state index contributed by atoms with van der Waals surface area (Å²) in [7, 11) is 0. The Morgan fingerprint density at radius 3 is 2.00 bits per heavy atom. The van der Waals surface area contributed by atoms with Gasteiger partial charge in [0.15, 0.2) is 0 Å². The summed E-state index contributed by atoms with van der Waals surface area (Å²) in [5, 5.41) is 18.9. The van der Waals surface area contributed by atoms with Crippen LogP contribution in [0.25, 0.3) is 10.8 Å². The lowest BCUT2D eigenvalue weighted by atomic mass is 9.98. The van der Waals surface area contributed by atoms with Gasteiger partial charge >= 0.3 is 5.97 Å². The van der Waals surface area contributed by atoms with Gasteiger partial charge in [0, 0.05) is 39.8 Å². The van der Waals surface area contributed by atoms with Crippen molar-refractivity contribution in [3.8, 4) is 0 Å². The van der Waals surface area contributed by atoms with E-state index >= 15 is 0 Å². The number of rotatable bonds is 8. The molecule has 0 aromatic heterocycles. The van der Waals surface area contributed by atoms with Crippen molar-refractivity contribution in [2.24, 2.45) is 0 Å². The van der Waals surface area contributed by atoms with E-state index in [0.29, 0.717) is 27.8 Å². The molecule has 0 aliphatic carbocycles. The third-order valence-corrected chi connectivity index (χ3v) is 6.32. The van der Waals surface area contributed by atoms with E-state index in [1.54, 1.807) is 72.8 Å². The number of carboxylic acid groups (broad SMARTS) is 1. The van der Waals surface area contributed by atoms with Crippen molar-refractivity contribution in [2.75, 3.05) is 21.7 Å². The number of anilines is 3. The Kier molecular flexibility index (Phi) is 7.85. The highest BCUT2D eigenvalue weighted by Gasteiger charge is 2.17. The van der Waals surface area contributed by atoms with Crippen LogP contribution in [-0.4, -0.2) is 34.6 Å². The van der Waals surface area contributed by atoms with E-state index < -0.39 is 11.9 Å². The van der Waals surface area contributed by atoms with Crippen molar-refractivity contribution in [3.63, 3.8) is 0 Å². The maximum atomic E-state index is 13.1. The molecule has 0 spiro atoms. The molecule has 0 fully saturated rings. The molecule has 4 aromatic rings. The molecule has 0 saturated heterocycles. The number of carbonyl (C=O) groups is 4. The second-order valence-electron chi connectivity index (χ2n) is 8.09. The smallest absolute Gasteiger partial charge is 0.336 e. The Hall–Kier alpha value is -4.63. The number of amides is 3. The van der Waals surface area contributed by atoms with Crippen LogP contribution in [0, 0.1) is 0 Å². The van der Waals surface area contributed by atoms with Crippen LogP contribution >= 0.6 is 11.8 Å². The molecule has 4 aromatic carbocycles. The molecule has 4 N–H and O–H groups in total. The third-order valence-electron chi connectivity index (χ3n) is 5.33. The van der Waals surface area contributed by atoms with Gasteiger partial charge in [-0.1, -0.05) is 30.3 Å². The molecule has 0 radical (unpaired) electrons. The number of hydrogen-bond acceptors (Lipinski definition) is 5. The summed E-state index contributed by atoms with van der Waals surface area (Å²) < 4.78 is 0. The minimum Gasteiger partial charge on any atom is -0.478 e. The van der Waals surface area contributed by atoms with Gasteiger partial charge in [-0.3, -0.25) is 14.4 Å². The fraction of sp³-hybridized carbons (Fsp3) is 0.0714. The molecule has 186 valence electrons. The summed E-state index contributed by atoms with van der Waals surface area (Å²) in [6.07, 6.45) is 0. The highest BCUT2D eigenvalue weighted by molar-refractivity contribution is 8.00. The van der Waals surface area contributed by atoms with Crippen molar-refractivity contribution in [2.45, 2.75) is 11.8 Å². The van der Waals surface area contributed by atoms with Gasteiger partial charge in [0.2, 0.25) is 11.8 Å². The third kappa shape index (κ3) is 6.53. The van der Waals surface area contributed by atoms with Crippen LogP contribution in [0.3, 0.4) is 0 Å². The van der Waals surface area contributed by atoms with Gasteiger partial charge in [0.1, 0.15) is 0 Å². The second-order valence-corrected chi connectivity index (χ2v) is 9.14. The van der Waals surface area contributed by atoms with Crippen molar-refractivity contribution < 1.29 is 24.3 Å². The van der Waals surface area contributed by atoms with Crippen LogP contribution in [0.1, 0.15) is 27.6 Å². The predicted molar refractivity (Wildman–Crippen MR) is 145 cm³/mol. The van der Waals surface area contributed by atoms with E-state index in [1.807, 2.05) is 6.07 Å². The number of hydrogen-bond donors (Lipinski definition) is 4. The summed E-state index contributed by atoms with van der Waals surface area (Å²) in [4.78, 5) is 49.1. The first-order valence-electron chi connectivity index (χ1n) is 11.3. The Morgan fingerprint density at radius 2 is 1.35 bits per heavy atom. The summed E-state index contributed by atoms with van der Waals surface area (Å²) in [5.41, 5.74) is 2.09. The van der Waals surface area contributed by atoms with E-state index in [0.717, 1.165) is 4.90 Å². The van der Waals surface area contributed by atoms with Gasteiger partial charge in [0.25, 0.3) is 5.91 Å². The Balaban J connectivity index is 1.40. The number of carboxylic acids is 1. The Bertz CT molecular complexity index is 1500. The molecule has 0 bridgehead atoms. The SMILES string of the molecule is CC(=O)Nc1ccc(NC(=O)CSc2cccc(NC(=O)c3cccc4cccc(C(=O)O)c34)c2)cc1. The van der Waals surface area contributed by atoms with Crippen molar-refractivity contribution in [3.05, 3.63) is 96.1 Å². The number of nitrogens with one attached hydrogen (secondary N) is 3. The molecule has 37 heavy (non-hydrogen) atoms. The molecular formula is C28H23N3O5S. The monoisotopic (exact) mass is 513 g/mol. The molecule has 0 atom stereocenters. The molecule has 0 aliphatic heterocycles. The van der Waals surface area contributed by atoms with Gasteiger partial charge in [0.05, 0.1) is 11.3 Å². The lowest BCUT2D eigenvalue weighted by molar-refractivity contribution is -0.114. The molecule has 9 heteroatoms. The van der Waals surface area contributed by atoms with E-state index in [2.05, 4.69) is 16.0 Å². The first-order valence-corrected chi connectivity index (χ1v) is 12.3. The maximum absolute atomic E-state index is 13.1. The Labute approximate surface area is 217 Å². The summed E-state index contributed by atoms with van der Waals surface area (Å²) in [6.45, 7) is 1.42. The van der Waals surface area contributed by atoms with Crippen LogP contribution in [0.2, 0.25) is 0 Å². The molecule has 4 rings (SSSR count). The number of fused-ring (bicyclic) bond motifs is 1. The fourth-order valence-electron chi connectivity index (χ4n) is 3.76.